The molecule has 0 bridgehead atoms. The third kappa shape index (κ3) is 6.20. The van der Waals surface area contributed by atoms with Gasteiger partial charge in [-0.15, -0.1) is 11.3 Å². The monoisotopic (exact) mass is 528 g/mol. The Morgan fingerprint density at radius 1 is 1.11 bits per heavy atom. The summed E-state index contributed by atoms with van der Waals surface area (Å²) in [5, 5.41) is 14.7. The van der Waals surface area contributed by atoms with Crippen molar-refractivity contribution in [2.75, 3.05) is 5.75 Å². The number of nitro groups is 1. The van der Waals surface area contributed by atoms with Gasteiger partial charge in [0, 0.05) is 17.7 Å². The Hall–Kier alpha value is -3.81. The van der Waals surface area contributed by atoms with Crippen molar-refractivity contribution < 1.29 is 22.3 Å². The van der Waals surface area contributed by atoms with E-state index in [1.54, 1.807) is 18.2 Å². The smallest absolute Gasteiger partial charge is 0.339 e. The average molecular weight is 529 g/mol. The number of rotatable bonds is 9. The van der Waals surface area contributed by atoms with E-state index in [1.807, 2.05) is 24.3 Å². The molecule has 0 aliphatic rings. The minimum Gasteiger partial charge on any atom is -0.378 e. The second kappa shape index (κ2) is 10.6. The van der Waals surface area contributed by atoms with Crippen molar-refractivity contribution in [2.45, 2.75) is 9.24 Å². The number of aromatic nitrogens is 1. The lowest BCUT2D eigenvalue weighted by Crippen LogP contribution is -2.19. The Morgan fingerprint density at radius 2 is 1.83 bits per heavy atom. The molecule has 13 heteroatoms. The molecule has 1 aromatic heterocycles. The van der Waals surface area contributed by atoms with Crippen LogP contribution in [-0.4, -0.2) is 36.2 Å². The standard InChI is InChI=1S/C22H16N4O6S3/c27-21(14-33-22-24-18-6-2-4-8-20(18)34-22)25-23-13-15-5-1-3-7-19(15)32-35(30,31)17-11-9-16(10-12-17)26(28)29/h1-13H,14H2,(H,25,27)/b23-13-. The minimum atomic E-state index is -4.25. The molecule has 1 amide bonds. The highest BCUT2D eigenvalue weighted by atomic mass is 32.2. The summed E-state index contributed by atoms with van der Waals surface area (Å²) < 4.78 is 32.2. The number of nitrogens with one attached hydrogen (secondary N) is 1. The fourth-order valence-electron chi connectivity index (χ4n) is 2.81. The Morgan fingerprint density at radius 3 is 2.57 bits per heavy atom. The number of carbonyl (C=O) groups excluding carboxylic acids is 1. The summed E-state index contributed by atoms with van der Waals surface area (Å²) in [6.45, 7) is 0. The van der Waals surface area contributed by atoms with Crippen LogP contribution in [0.3, 0.4) is 0 Å². The first-order chi connectivity index (χ1) is 16.8. The van der Waals surface area contributed by atoms with Gasteiger partial charge in [-0.25, -0.2) is 10.4 Å². The summed E-state index contributed by atoms with van der Waals surface area (Å²) in [6, 6.07) is 18.2. The predicted molar refractivity (Wildman–Crippen MR) is 133 cm³/mol. The van der Waals surface area contributed by atoms with Crippen LogP contribution in [0, 0.1) is 10.1 Å². The van der Waals surface area contributed by atoms with Crippen LogP contribution in [0.25, 0.3) is 10.2 Å². The number of nitro benzene ring substituents is 1. The molecule has 10 nitrogen and oxygen atoms in total. The molecule has 3 aromatic carbocycles. The molecule has 0 aliphatic carbocycles. The average Bonchev–Trinajstić information content (AvgIpc) is 3.27. The van der Waals surface area contributed by atoms with Crippen LogP contribution >= 0.6 is 23.1 Å². The summed E-state index contributed by atoms with van der Waals surface area (Å²) in [5.74, 6) is -0.279. The van der Waals surface area contributed by atoms with Crippen LogP contribution in [0.1, 0.15) is 5.56 Å². The molecule has 178 valence electrons. The number of para-hydroxylation sites is 2. The Kier molecular flexibility index (Phi) is 7.39. The van der Waals surface area contributed by atoms with E-state index in [4.69, 9.17) is 4.18 Å². The van der Waals surface area contributed by atoms with Crippen LogP contribution in [0.2, 0.25) is 0 Å². The summed E-state index contributed by atoms with van der Waals surface area (Å²) in [4.78, 5) is 26.5. The van der Waals surface area contributed by atoms with Gasteiger partial charge in [0.05, 0.1) is 27.1 Å². The molecule has 1 N–H and O–H groups in total. The van der Waals surface area contributed by atoms with Crippen LogP contribution in [0.15, 0.2) is 87.1 Å². The van der Waals surface area contributed by atoms with Crippen molar-refractivity contribution >= 4 is 61.2 Å². The highest BCUT2D eigenvalue weighted by molar-refractivity contribution is 8.01. The van der Waals surface area contributed by atoms with E-state index in [1.165, 1.54) is 35.4 Å². The zero-order chi connectivity index (χ0) is 24.8. The van der Waals surface area contributed by atoms with Gasteiger partial charge in [-0.2, -0.15) is 13.5 Å². The second-order valence-electron chi connectivity index (χ2n) is 6.86. The van der Waals surface area contributed by atoms with Crippen LogP contribution in [-0.2, 0) is 14.9 Å². The normalized spacial score (nSPS) is 11.5. The molecular weight excluding hydrogens is 512 g/mol. The molecule has 0 unspecified atom stereocenters. The van der Waals surface area contributed by atoms with E-state index in [0.29, 0.717) is 5.56 Å². The first-order valence-corrected chi connectivity index (χ1v) is 13.1. The molecule has 35 heavy (non-hydrogen) atoms. The highest BCUT2D eigenvalue weighted by Crippen LogP contribution is 2.29. The third-order valence-electron chi connectivity index (χ3n) is 4.45. The third-order valence-corrected chi connectivity index (χ3v) is 7.88. The van der Waals surface area contributed by atoms with Crippen molar-refractivity contribution in [2.24, 2.45) is 5.10 Å². The fourth-order valence-corrected chi connectivity index (χ4v) is 5.62. The molecule has 0 saturated heterocycles. The highest BCUT2D eigenvalue weighted by Gasteiger charge is 2.19. The maximum atomic E-state index is 12.6. The number of nitrogens with zero attached hydrogens (tertiary/aromatic N) is 3. The van der Waals surface area contributed by atoms with Crippen molar-refractivity contribution in [3.63, 3.8) is 0 Å². The van der Waals surface area contributed by atoms with Crippen molar-refractivity contribution in [3.05, 3.63) is 88.5 Å². The number of benzene rings is 3. The lowest BCUT2D eigenvalue weighted by Gasteiger charge is -2.09. The van der Waals surface area contributed by atoms with E-state index in [2.05, 4.69) is 15.5 Å². The number of hydrogen-bond acceptors (Lipinski definition) is 10. The van der Waals surface area contributed by atoms with Crippen molar-refractivity contribution in [3.8, 4) is 5.75 Å². The van der Waals surface area contributed by atoms with Crippen LogP contribution in [0.4, 0.5) is 5.69 Å². The number of fused-ring (bicyclic) bond motifs is 1. The van der Waals surface area contributed by atoms with Crippen LogP contribution < -0.4 is 9.61 Å². The molecule has 0 radical (unpaired) electrons. The van der Waals surface area contributed by atoms with Crippen molar-refractivity contribution in [1.29, 1.82) is 0 Å². The Bertz CT molecular complexity index is 1480. The van der Waals surface area contributed by atoms with Gasteiger partial charge < -0.3 is 4.18 Å². The maximum Gasteiger partial charge on any atom is 0.339 e. The summed E-state index contributed by atoms with van der Waals surface area (Å²) in [5.41, 5.74) is 3.33. The number of hydrogen-bond donors (Lipinski definition) is 1. The maximum absolute atomic E-state index is 12.6. The number of non-ortho nitro benzene ring substituents is 1. The minimum absolute atomic E-state index is 0.0206. The molecule has 0 aliphatic heterocycles. The SMILES string of the molecule is O=C(CSc1nc2ccccc2s1)N/N=C\c1ccccc1OS(=O)(=O)c1ccc([N+](=O)[O-])cc1. The molecule has 4 aromatic rings. The number of amides is 1. The molecule has 0 atom stereocenters. The summed E-state index contributed by atoms with van der Waals surface area (Å²) in [7, 11) is -4.25. The van der Waals surface area contributed by atoms with E-state index >= 15 is 0 Å². The zero-order valence-corrected chi connectivity index (χ0v) is 20.2. The lowest BCUT2D eigenvalue weighted by atomic mass is 10.2. The van der Waals surface area contributed by atoms with Gasteiger partial charge in [-0.1, -0.05) is 36.0 Å². The first-order valence-electron chi connectivity index (χ1n) is 9.90. The topological polar surface area (TPSA) is 141 Å². The van der Waals surface area contributed by atoms with Crippen molar-refractivity contribution in [1.82, 2.24) is 10.4 Å². The number of thiazole rings is 1. The number of carbonyl (C=O) groups is 1. The van der Waals surface area contributed by atoms with Gasteiger partial charge >= 0.3 is 10.1 Å². The van der Waals surface area contributed by atoms with Gasteiger partial charge in [0.15, 0.2) is 10.1 Å². The lowest BCUT2D eigenvalue weighted by molar-refractivity contribution is -0.384. The second-order valence-corrected chi connectivity index (χ2v) is 10.7. The molecule has 1 heterocycles. The molecule has 0 fully saturated rings. The molecule has 0 saturated carbocycles. The largest absolute Gasteiger partial charge is 0.378 e. The summed E-state index contributed by atoms with van der Waals surface area (Å²) >= 11 is 2.78. The van der Waals surface area contributed by atoms with Gasteiger partial charge in [0.1, 0.15) is 4.90 Å². The van der Waals surface area contributed by atoms with E-state index in [0.717, 1.165) is 38.8 Å². The van der Waals surface area contributed by atoms with Gasteiger partial charge in [0.2, 0.25) is 0 Å². The number of hydrazone groups is 1. The van der Waals surface area contributed by atoms with Gasteiger partial charge in [-0.3, -0.25) is 14.9 Å². The molecular formula is C22H16N4O6S3. The first kappa shape index (κ1) is 24.3. The Labute approximate surface area is 207 Å². The van der Waals surface area contributed by atoms with Gasteiger partial charge in [0.25, 0.3) is 11.6 Å². The molecule has 0 spiro atoms. The van der Waals surface area contributed by atoms with Crippen LogP contribution in [0.5, 0.6) is 5.75 Å². The molecule has 4 rings (SSSR count). The van der Waals surface area contributed by atoms with E-state index < -0.39 is 15.0 Å². The zero-order valence-electron chi connectivity index (χ0n) is 17.7. The Balaban J connectivity index is 1.37. The fraction of sp³-hybridized carbons (Fsp3) is 0.0455. The van der Waals surface area contributed by atoms with Gasteiger partial charge in [-0.05, 0) is 36.4 Å². The predicted octanol–water partition coefficient (Wildman–Crippen LogP) is 4.21. The number of thioether (sulfide) groups is 1. The van der Waals surface area contributed by atoms with E-state index in [9.17, 15) is 23.3 Å². The quantitative estimate of drug-likeness (QED) is 0.112. The summed E-state index contributed by atoms with van der Waals surface area (Å²) in [6.07, 6.45) is 1.26. The van der Waals surface area contributed by atoms with E-state index in [-0.39, 0.29) is 28.0 Å².